The largest absolute Gasteiger partial charge is 0.493 e. The summed E-state index contributed by atoms with van der Waals surface area (Å²) in [6.07, 6.45) is 4.85. The van der Waals surface area contributed by atoms with Crippen LogP contribution in [-0.4, -0.2) is 31.8 Å². The van der Waals surface area contributed by atoms with E-state index in [0.717, 1.165) is 21.4 Å². The van der Waals surface area contributed by atoms with E-state index in [9.17, 15) is 14.7 Å². The fourth-order valence-corrected chi connectivity index (χ4v) is 3.17. The number of hydrogen-bond donors (Lipinski definition) is 3. The lowest BCUT2D eigenvalue weighted by Gasteiger charge is -2.03. The predicted octanol–water partition coefficient (Wildman–Crippen LogP) is 2.23. The summed E-state index contributed by atoms with van der Waals surface area (Å²) >= 11 is 1.27. The Morgan fingerprint density at radius 1 is 1.38 bits per heavy atom. The molecule has 0 saturated carbocycles. The zero-order valence-electron chi connectivity index (χ0n) is 13.3. The van der Waals surface area contributed by atoms with Crippen LogP contribution in [0.3, 0.4) is 0 Å². The molecule has 0 atom stereocenters. The lowest BCUT2D eigenvalue weighted by atomic mass is 10.1. The van der Waals surface area contributed by atoms with Gasteiger partial charge in [-0.25, -0.2) is 9.78 Å². The van der Waals surface area contributed by atoms with E-state index in [2.05, 4.69) is 20.3 Å². The van der Waals surface area contributed by atoms with Gasteiger partial charge in [-0.15, -0.1) is 11.3 Å². The first-order valence-corrected chi connectivity index (χ1v) is 8.56. The first-order valence-electron chi connectivity index (χ1n) is 7.68. The molecule has 0 aliphatic carbocycles. The van der Waals surface area contributed by atoms with E-state index in [1.54, 1.807) is 23.9 Å². The molecule has 4 rings (SSSR count). The molecule has 3 heterocycles. The molecule has 0 bridgehead atoms. The highest BCUT2D eigenvalue weighted by Gasteiger charge is 2.17. The van der Waals surface area contributed by atoms with Crippen LogP contribution in [0.4, 0.5) is 10.8 Å². The number of imidazole rings is 1. The van der Waals surface area contributed by atoms with Crippen molar-refractivity contribution < 1.29 is 9.90 Å². The molecule has 130 valence electrons. The number of carbonyl (C=O) groups is 1. The van der Waals surface area contributed by atoms with Gasteiger partial charge < -0.3 is 15.4 Å². The highest BCUT2D eigenvalue weighted by Crippen LogP contribution is 2.32. The van der Waals surface area contributed by atoms with Crippen molar-refractivity contribution in [1.29, 1.82) is 0 Å². The van der Waals surface area contributed by atoms with Gasteiger partial charge in [0.25, 0.3) is 0 Å². The fraction of sp³-hybridized carbons (Fsp3) is 0.0588. The SMILES string of the molecule is O=C(Cn1c(O)c(/C=C2\C=Nc3ccccc32)[nH]c1=O)Nc1nccs1. The lowest BCUT2D eigenvalue weighted by molar-refractivity contribution is -0.116. The number of allylic oxidation sites excluding steroid dienone is 1. The second kappa shape index (κ2) is 6.45. The van der Waals surface area contributed by atoms with E-state index in [4.69, 9.17) is 0 Å². The molecule has 9 heteroatoms. The number of carbonyl (C=O) groups excluding carboxylic acids is 1. The van der Waals surface area contributed by atoms with Crippen LogP contribution in [0.15, 0.2) is 45.6 Å². The highest BCUT2D eigenvalue weighted by molar-refractivity contribution is 7.13. The van der Waals surface area contributed by atoms with Crippen LogP contribution in [0.1, 0.15) is 11.3 Å². The van der Waals surface area contributed by atoms with Crippen molar-refractivity contribution in [2.45, 2.75) is 6.54 Å². The number of aliphatic imine (C=N–C) groups is 1. The summed E-state index contributed by atoms with van der Waals surface area (Å²) in [5.74, 6) is -0.766. The third kappa shape index (κ3) is 2.95. The van der Waals surface area contributed by atoms with Gasteiger partial charge in [0, 0.05) is 28.9 Å². The van der Waals surface area contributed by atoms with E-state index in [0.29, 0.717) is 5.13 Å². The van der Waals surface area contributed by atoms with Crippen LogP contribution in [0, 0.1) is 0 Å². The van der Waals surface area contributed by atoms with Crippen LogP contribution >= 0.6 is 11.3 Å². The minimum atomic E-state index is -0.577. The van der Waals surface area contributed by atoms with Gasteiger partial charge in [0.2, 0.25) is 11.8 Å². The molecule has 0 unspecified atom stereocenters. The molecule has 0 fully saturated rings. The molecular weight excluding hydrogens is 354 g/mol. The predicted molar refractivity (Wildman–Crippen MR) is 99.9 cm³/mol. The van der Waals surface area contributed by atoms with Gasteiger partial charge >= 0.3 is 5.69 Å². The van der Waals surface area contributed by atoms with E-state index in [1.807, 2.05) is 24.3 Å². The maximum Gasteiger partial charge on any atom is 0.329 e. The second-order valence-electron chi connectivity index (χ2n) is 5.51. The molecule has 2 aromatic heterocycles. The van der Waals surface area contributed by atoms with Crippen LogP contribution in [-0.2, 0) is 11.3 Å². The Morgan fingerprint density at radius 2 is 2.23 bits per heavy atom. The van der Waals surface area contributed by atoms with E-state index in [-0.39, 0.29) is 18.1 Å². The first-order chi connectivity index (χ1) is 12.6. The Bertz CT molecular complexity index is 1090. The number of nitrogens with one attached hydrogen (secondary N) is 2. The van der Waals surface area contributed by atoms with Crippen molar-refractivity contribution >= 4 is 45.9 Å². The standard InChI is InChI=1S/C17H13N5O3S/c23-14(21-16-18-5-6-26-16)9-22-15(24)13(20-17(22)25)7-10-8-19-12-4-2-1-3-11(10)12/h1-8,24H,9H2,(H,20,25)(H,18,21,23)/b10-7+. The summed E-state index contributed by atoms with van der Waals surface area (Å²) in [4.78, 5) is 34.9. The maximum atomic E-state index is 12.1. The average Bonchev–Trinajstić information content (AvgIpc) is 3.33. The number of anilines is 1. The molecule has 3 N–H and O–H groups in total. The summed E-state index contributed by atoms with van der Waals surface area (Å²) in [5, 5.41) is 15.1. The molecule has 0 saturated heterocycles. The monoisotopic (exact) mass is 367 g/mol. The molecule has 1 amide bonds. The second-order valence-corrected chi connectivity index (χ2v) is 6.41. The zero-order valence-corrected chi connectivity index (χ0v) is 14.2. The Labute approximate surface area is 151 Å². The van der Waals surface area contributed by atoms with Crippen molar-refractivity contribution in [3.8, 4) is 5.88 Å². The van der Waals surface area contributed by atoms with Gasteiger partial charge in [-0.3, -0.25) is 14.4 Å². The topological polar surface area (TPSA) is 112 Å². The summed E-state index contributed by atoms with van der Waals surface area (Å²) in [5.41, 5.74) is 2.13. The van der Waals surface area contributed by atoms with Crippen LogP contribution in [0.25, 0.3) is 11.6 Å². The number of rotatable bonds is 4. The summed E-state index contributed by atoms with van der Waals surface area (Å²) < 4.78 is 0.966. The van der Waals surface area contributed by atoms with E-state index < -0.39 is 11.6 Å². The number of nitrogens with zero attached hydrogens (tertiary/aromatic N) is 3. The number of aromatic hydroxyl groups is 1. The van der Waals surface area contributed by atoms with Gasteiger partial charge in [0.15, 0.2) is 5.13 Å². The first kappa shape index (κ1) is 16.0. The third-order valence-electron chi connectivity index (χ3n) is 3.82. The van der Waals surface area contributed by atoms with Crippen LogP contribution < -0.4 is 11.0 Å². The van der Waals surface area contributed by atoms with E-state index >= 15 is 0 Å². The van der Waals surface area contributed by atoms with Gasteiger partial charge in [-0.1, -0.05) is 18.2 Å². The zero-order chi connectivity index (χ0) is 18.1. The number of aromatic nitrogens is 3. The lowest BCUT2D eigenvalue weighted by Crippen LogP contribution is -2.25. The Kier molecular flexibility index (Phi) is 3.98. The third-order valence-corrected chi connectivity index (χ3v) is 4.51. The number of para-hydroxylation sites is 1. The van der Waals surface area contributed by atoms with E-state index in [1.165, 1.54) is 11.3 Å². The van der Waals surface area contributed by atoms with Crippen LogP contribution in [0.5, 0.6) is 5.88 Å². The molecule has 1 aliphatic heterocycles. The number of thiazole rings is 1. The van der Waals surface area contributed by atoms with Gasteiger partial charge in [-0.05, 0) is 12.1 Å². The number of aromatic amines is 1. The number of hydrogen-bond acceptors (Lipinski definition) is 6. The van der Waals surface area contributed by atoms with Gasteiger partial charge in [-0.2, -0.15) is 0 Å². The minimum absolute atomic E-state index is 0.218. The molecule has 0 spiro atoms. The number of benzene rings is 1. The van der Waals surface area contributed by atoms with Crippen molar-refractivity contribution in [3.63, 3.8) is 0 Å². The molecule has 26 heavy (non-hydrogen) atoms. The van der Waals surface area contributed by atoms with Crippen LogP contribution in [0.2, 0.25) is 0 Å². The molecular formula is C17H13N5O3S. The smallest absolute Gasteiger partial charge is 0.329 e. The minimum Gasteiger partial charge on any atom is -0.493 e. The van der Waals surface area contributed by atoms with Crippen molar-refractivity contribution in [1.82, 2.24) is 14.5 Å². The summed E-state index contributed by atoms with van der Waals surface area (Å²) in [6, 6.07) is 7.55. The Balaban J connectivity index is 1.60. The highest BCUT2D eigenvalue weighted by atomic mass is 32.1. The average molecular weight is 367 g/mol. The number of H-pyrrole nitrogens is 1. The van der Waals surface area contributed by atoms with Crippen molar-refractivity contribution in [2.24, 2.45) is 4.99 Å². The Hall–Kier alpha value is -3.46. The fourth-order valence-electron chi connectivity index (χ4n) is 2.62. The molecule has 8 nitrogen and oxygen atoms in total. The quantitative estimate of drug-likeness (QED) is 0.656. The number of fused-ring (bicyclic) bond motifs is 1. The molecule has 3 aromatic rings. The van der Waals surface area contributed by atoms with Gasteiger partial charge in [0.05, 0.1) is 5.69 Å². The van der Waals surface area contributed by atoms with Crippen molar-refractivity contribution in [3.05, 3.63) is 57.6 Å². The molecule has 1 aliphatic rings. The summed E-state index contributed by atoms with van der Waals surface area (Å²) in [7, 11) is 0. The molecule has 0 radical (unpaired) electrons. The van der Waals surface area contributed by atoms with Gasteiger partial charge in [0.1, 0.15) is 12.2 Å². The van der Waals surface area contributed by atoms with Crippen molar-refractivity contribution in [2.75, 3.05) is 5.32 Å². The molecule has 1 aromatic carbocycles. The summed E-state index contributed by atoms with van der Waals surface area (Å²) in [6.45, 7) is -0.325. The maximum absolute atomic E-state index is 12.1. The normalized spacial score (nSPS) is 13.9. The Morgan fingerprint density at radius 3 is 3.04 bits per heavy atom. The number of amides is 1.